The fourth-order valence-electron chi connectivity index (χ4n) is 3.38. The lowest BCUT2D eigenvalue weighted by Gasteiger charge is -2.31. The number of fused-ring (bicyclic) bond motifs is 1. The topological polar surface area (TPSA) is 55.8 Å². The third-order valence-corrected chi connectivity index (χ3v) is 5.61. The van der Waals surface area contributed by atoms with E-state index in [0.717, 1.165) is 36.4 Å². The molecule has 6 nitrogen and oxygen atoms in total. The minimum atomic E-state index is -0.0688. The van der Waals surface area contributed by atoms with Crippen molar-refractivity contribution in [2.45, 2.75) is 12.6 Å². The molecule has 0 N–H and O–H groups in total. The highest BCUT2D eigenvalue weighted by Gasteiger charge is 2.26. The number of rotatable bonds is 4. The zero-order chi connectivity index (χ0) is 17.3. The van der Waals surface area contributed by atoms with E-state index in [1.165, 1.54) is 10.4 Å². The van der Waals surface area contributed by atoms with Crippen LogP contribution in [0, 0.1) is 0 Å². The van der Waals surface area contributed by atoms with Crippen molar-refractivity contribution in [1.29, 1.82) is 0 Å². The van der Waals surface area contributed by atoms with Gasteiger partial charge < -0.3 is 9.15 Å². The van der Waals surface area contributed by atoms with E-state index in [9.17, 15) is 0 Å². The molecule has 132 valence electrons. The predicted octanol–water partition coefficient (Wildman–Crippen LogP) is 3.62. The van der Waals surface area contributed by atoms with Crippen molar-refractivity contribution >= 4 is 16.9 Å². The number of ether oxygens (including phenoxy) is 1. The summed E-state index contributed by atoms with van der Waals surface area (Å²) in [4.78, 5) is 3.59. The van der Waals surface area contributed by atoms with Gasteiger partial charge in [0, 0.05) is 41.8 Å². The molecule has 26 heavy (non-hydrogen) atoms. The molecule has 0 radical (unpaired) electrons. The van der Waals surface area contributed by atoms with Crippen molar-refractivity contribution < 1.29 is 9.15 Å². The maximum absolute atomic E-state index is 6.00. The first kappa shape index (κ1) is 15.7. The Labute approximate surface area is 154 Å². The highest BCUT2D eigenvalue weighted by atomic mass is 32.1. The van der Waals surface area contributed by atoms with Crippen LogP contribution in [0.1, 0.15) is 17.4 Å². The molecular formula is C19H18N4O2S. The standard InChI is InChI=1S/C19H18N4O2S/c1-2-18(26-9-1)15-3-4-16-19(20-21-23(16)11-15)17-12-22(6-8-25-17)10-14-5-7-24-13-14/h1-5,7,9,11,13,17H,6,8,10,12H2/t17-/m1/s1. The Bertz CT molecular complexity index is 994. The second-order valence-corrected chi connectivity index (χ2v) is 7.37. The molecular weight excluding hydrogens is 348 g/mol. The van der Waals surface area contributed by atoms with Gasteiger partial charge in [0.05, 0.1) is 24.6 Å². The number of aromatic nitrogens is 3. The van der Waals surface area contributed by atoms with Gasteiger partial charge in [-0.05, 0) is 29.6 Å². The molecule has 4 aromatic heterocycles. The van der Waals surface area contributed by atoms with Crippen LogP contribution in [0.4, 0.5) is 0 Å². The molecule has 1 saturated heterocycles. The number of nitrogens with zero attached hydrogens (tertiary/aromatic N) is 4. The minimum absolute atomic E-state index is 0.0688. The van der Waals surface area contributed by atoms with Gasteiger partial charge in [-0.2, -0.15) is 0 Å². The van der Waals surface area contributed by atoms with Gasteiger partial charge in [0.1, 0.15) is 11.8 Å². The lowest BCUT2D eigenvalue weighted by molar-refractivity contribution is -0.0343. The van der Waals surface area contributed by atoms with E-state index in [2.05, 4.69) is 44.9 Å². The maximum Gasteiger partial charge on any atom is 0.121 e. The smallest absolute Gasteiger partial charge is 0.121 e. The lowest BCUT2D eigenvalue weighted by atomic mass is 10.1. The molecule has 1 aliphatic heterocycles. The van der Waals surface area contributed by atoms with Gasteiger partial charge in [-0.3, -0.25) is 4.90 Å². The minimum Gasteiger partial charge on any atom is -0.472 e. The van der Waals surface area contributed by atoms with E-state index in [1.807, 2.05) is 16.8 Å². The first-order valence-electron chi connectivity index (χ1n) is 8.61. The van der Waals surface area contributed by atoms with E-state index >= 15 is 0 Å². The van der Waals surface area contributed by atoms with Crippen LogP contribution in [0.15, 0.2) is 58.9 Å². The first-order chi connectivity index (χ1) is 12.9. The monoisotopic (exact) mass is 366 g/mol. The third kappa shape index (κ3) is 2.94. The van der Waals surface area contributed by atoms with Gasteiger partial charge in [-0.15, -0.1) is 16.4 Å². The summed E-state index contributed by atoms with van der Waals surface area (Å²) in [5, 5.41) is 10.8. The average molecular weight is 366 g/mol. The van der Waals surface area contributed by atoms with Gasteiger partial charge >= 0.3 is 0 Å². The molecule has 7 heteroatoms. The second-order valence-electron chi connectivity index (χ2n) is 6.43. The summed E-state index contributed by atoms with van der Waals surface area (Å²) in [5.41, 5.74) is 4.23. The van der Waals surface area contributed by atoms with Crippen LogP contribution in [0.3, 0.4) is 0 Å². The van der Waals surface area contributed by atoms with Gasteiger partial charge in [0.25, 0.3) is 0 Å². The van der Waals surface area contributed by atoms with Crippen molar-refractivity contribution in [3.8, 4) is 10.4 Å². The predicted molar refractivity (Wildman–Crippen MR) is 99.0 cm³/mol. The maximum atomic E-state index is 6.00. The summed E-state index contributed by atoms with van der Waals surface area (Å²) in [7, 11) is 0. The van der Waals surface area contributed by atoms with Gasteiger partial charge in [0.15, 0.2) is 0 Å². The Morgan fingerprint density at radius 1 is 1.23 bits per heavy atom. The quantitative estimate of drug-likeness (QED) is 0.552. The number of thiophene rings is 1. The van der Waals surface area contributed by atoms with E-state index in [4.69, 9.17) is 9.15 Å². The highest BCUT2D eigenvalue weighted by Crippen LogP contribution is 2.28. The van der Waals surface area contributed by atoms with Crippen LogP contribution >= 0.6 is 11.3 Å². The van der Waals surface area contributed by atoms with Gasteiger partial charge in [-0.25, -0.2) is 4.52 Å². The van der Waals surface area contributed by atoms with E-state index in [0.29, 0.717) is 6.61 Å². The van der Waals surface area contributed by atoms with Crippen LogP contribution < -0.4 is 0 Å². The second kappa shape index (κ2) is 6.68. The third-order valence-electron chi connectivity index (χ3n) is 4.69. The fraction of sp³-hybridized carbons (Fsp3) is 0.263. The molecule has 0 aliphatic carbocycles. The zero-order valence-corrected chi connectivity index (χ0v) is 14.9. The summed E-state index contributed by atoms with van der Waals surface area (Å²) in [6.07, 6.45) is 5.47. The number of morpholine rings is 1. The molecule has 1 fully saturated rings. The normalized spacial score (nSPS) is 18.5. The molecule has 1 aliphatic rings. The number of furan rings is 1. The Kier molecular flexibility index (Phi) is 4.05. The SMILES string of the molecule is c1csc(-c2ccc3c([C@H]4CN(Cc5ccoc5)CCO4)nnn3c2)c1. The van der Waals surface area contributed by atoms with Crippen LogP contribution in [0.5, 0.6) is 0 Å². The molecule has 0 saturated carbocycles. The van der Waals surface area contributed by atoms with Crippen LogP contribution in [0.2, 0.25) is 0 Å². The van der Waals surface area contributed by atoms with Crippen LogP contribution in [0.25, 0.3) is 16.0 Å². The average Bonchev–Trinajstić information content (AvgIpc) is 3.43. The van der Waals surface area contributed by atoms with E-state index in [1.54, 1.807) is 23.9 Å². The largest absolute Gasteiger partial charge is 0.472 e. The summed E-state index contributed by atoms with van der Waals surface area (Å²) < 4.78 is 13.0. The number of hydrogen-bond donors (Lipinski definition) is 0. The lowest BCUT2D eigenvalue weighted by Crippen LogP contribution is -2.37. The summed E-state index contributed by atoms with van der Waals surface area (Å²) in [5.74, 6) is 0. The Morgan fingerprint density at radius 3 is 3.08 bits per heavy atom. The Morgan fingerprint density at radius 2 is 2.23 bits per heavy atom. The van der Waals surface area contributed by atoms with Crippen molar-refractivity contribution in [3.63, 3.8) is 0 Å². The number of hydrogen-bond acceptors (Lipinski definition) is 6. The first-order valence-corrected chi connectivity index (χ1v) is 9.49. The fourth-order valence-corrected chi connectivity index (χ4v) is 4.10. The Hall–Kier alpha value is -2.48. The van der Waals surface area contributed by atoms with Crippen molar-refractivity contribution in [2.24, 2.45) is 0 Å². The molecule has 0 spiro atoms. The molecule has 0 aromatic carbocycles. The molecule has 0 unspecified atom stereocenters. The molecule has 0 bridgehead atoms. The summed E-state index contributed by atoms with van der Waals surface area (Å²) in [6.45, 7) is 3.25. The van der Waals surface area contributed by atoms with Gasteiger partial charge in [0.2, 0.25) is 0 Å². The summed E-state index contributed by atoms with van der Waals surface area (Å²) in [6, 6.07) is 10.4. The number of pyridine rings is 1. The van der Waals surface area contributed by atoms with Crippen molar-refractivity contribution in [1.82, 2.24) is 19.7 Å². The van der Waals surface area contributed by atoms with Crippen LogP contribution in [-0.2, 0) is 11.3 Å². The molecule has 0 amide bonds. The molecule has 1 atom stereocenters. The zero-order valence-electron chi connectivity index (χ0n) is 14.1. The molecule has 5 rings (SSSR count). The van der Waals surface area contributed by atoms with E-state index < -0.39 is 0 Å². The summed E-state index contributed by atoms with van der Waals surface area (Å²) >= 11 is 1.72. The molecule has 5 heterocycles. The Balaban J connectivity index is 1.39. The van der Waals surface area contributed by atoms with E-state index in [-0.39, 0.29) is 6.10 Å². The van der Waals surface area contributed by atoms with Crippen molar-refractivity contribution in [3.05, 3.63) is 65.7 Å². The van der Waals surface area contributed by atoms with Crippen LogP contribution in [-0.4, -0.2) is 39.4 Å². The van der Waals surface area contributed by atoms with Crippen molar-refractivity contribution in [2.75, 3.05) is 19.7 Å². The molecule has 4 aromatic rings. The van der Waals surface area contributed by atoms with Gasteiger partial charge in [-0.1, -0.05) is 11.3 Å². The highest BCUT2D eigenvalue weighted by molar-refractivity contribution is 7.13.